The lowest BCUT2D eigenvalue weighted by atomic mass is 9.70. The van der Waals surface area contributed by atoms with Crippen LogP contribution in [-0.2, 0) is 23.8 Å². The Morgan fingerprint density at radius 2 is 2.00 bits per heavy atom. The average Bonchev–Trinajstić information content (AvgIpc) is 3.29. The molecule has 1 fully saturated rings. The molecule has 172 valence electrons. The van der Waals surface area contributed by atoms with Crippen molar-refractivity contribution in [2.45, 2.75) is 37.9 Å². The summed E-state index contributed by atoms with van der Waals surface area (Å²) in [6.07, 6.45) is 2.83. The molecule has 32 heavy (non-hydrogen) atoms. The van der Waals surface area contributed by atoms with Gasteiger partial charge in [0.2, 0.25) is 12.5 Å². The monoisotopic (exact) mass is 444 g/mol. The van der Waals surface area contributed by atoms with Gasteiger partial charge in [0.15, 0.2) is 29.0 Å². The fraction of sp³-hybridized carbons (Fsp3) is 0.500. The van der Waals surface area contributed by atoms with Crippen LogP contribution in [0.2, 0.25) is 0 Å². The molecule has 8 heteroatoms. The first-order valence-electron chi connectivity index (χ1n) is 10.4. The first kappa shape index (κ1) is 22.2. The van der Waals surface area contributed by atoms with Gasteiger partial charge in [0, 0.05) is 20.0 Å². The van der Waals surface area contributed by atoms with Crippen LogP contribution in [0.1, 0.15) is 31.7 Å². The minimum Gasteiger partial charge on any atom is -0.497 e. The van der Waals surface area contributed by atoms with E-state index in [0.717, 1.165) is 5.56 Å². The Labute approximate surface area is 187 Å². The number of benzene rings is 1. The second-order valence-corrected chi connectivity index (χ2v) is 8.32. The number of hydrogen-bond donors (Lipinski definition) is 0. The molecule has 1 saturated carbocycles. The number of fused-ring (bicyclic) bond motifs is 3. The number of hydrogen-bond acceptors (Lipinski definition) is 8. The summed E-state index contributed by atoms with van der Waals surface area (Å²) in [4.78, 5) is 26.2. The standard InChI is InChI=1S/C24H28O8/c1-7-8-23-11-18(28-5)21(32-14(3)25)24(29-6,22(23)26)19(13(23)2)15-9-16(27-4)20-17(10-15)30-12-31-20/h7,9-11,13,19,21H,1,8,12H2,2-6H3. The lowest BCUT2D eigenvalue weighted by Gasteiger charge is -2.42. The summed E-state index contributed by atoms with van der Waals surface area (Å²) in [5.41, 5.74) is -1.69. The van der Waals surface area contributed by atoms with Crippen LogP contribution in [0.25, 0.3) is 0 Å². The zero-order valence-electron chi connectivity index (χ0n) is 18.9. The fourth-order valence-electron chi connectivity index (χ4n) is 5.65. The fourth-order valence-corrected chi connectivity index (χ4v) is 5.65. The quantitative estimate of drug-likeness (QED) is 0.468. The number of ketones is 1. The van der Waals surface area contributed by atoms with Gasteiger partial charge in [-0.3, -0.25) is 9.59 Å². The average molecular weight is 444 g/mol. The summed E-state index contributed by atoms with van der Waals surface area (Å²) in [5.74, 6) is 0.438. The molecule has 2 aliphatic carbocycles. The largest absolute Gasteiger partial charge is 0.497 e. The molecule has 2 bridgehead atoms. The van der Waals surface area contributed by atoms with E-state index in [9.17, 15) is 9.59 Å². The van der Waals surface area contributed by atoms with Gasteiger partial charge in [0.25, 0.3) is 0 Å². The highest BCUT2D eigenvalue weighted by atomic mass is 16.7. The molecule has 0 aromatic heterocycles. The minimum absolute atomic E-state index is 0.0789. The van der Waals surface area contributed by atoms with Gasteiger partial charge >= 0.3 is 5.97 Å². The summed E-state index contributed by atoms with van der Waals surface area (Å²) < 4.78 is 34.0. The zero-order valence-corrected chi connectivity index (χ0v) is 18.9. The molecule has 1 heterocycles. The highest BCUT2D eigenvalue weighted by Gasteiger charge is 2.73. The van der Waals surface area contributed by atoms with E-state index in [1.54, 1.807) is 19.3 Å². The zero-order chi connectivity index (χ0) is 23.3. The molecule has 1 aromatic carbocycles. The maximum Gasteiger partial charge on any atom is 0.303 e. The van der Waals surface area contributed by atoms with Crippen molar-refractivity contribution in [3.8, 4) is 17.2 Å². The molecule has 0 amide bonds. The highest BCUT2D eigenvalue weighted by molar-refractivity contribution is 6.01. The van der Waals surface area contributed by atoms with Gasteiger partial charge in [-0.2, -0.15) is 0 Å². The molecule has 1 aromatic rings. The smallest absolute Gasteiger partial charge is 0.303 e. The number of rotatable bonds is 7. The first-order chi connectivity index (χ1) is 15.3. The van der Waals surface area contributed by atoms with Crippen molar-refractivity contribution in [2.75, 3.05) is 28.1 Å². The lowest BCUT2D eigenvalue weighted by molar-refractivity contribution is -0.177. The van der Waals surface area contributed by atoms with Gasteiger partial charge in [-0.05, 0) is 36.1 Å². The number of carbonyl (C=O) groups is 2. The Balaban J connectivity index is 1.99. The molecule has 4 rings (SSSR count). The van der Waals surface area contributed by atoms with E-state index in [-0.39, 0.29) is 18.5 Å². The molecule has 8 nitrogen and oxygen atoms in total. The van der Waals surface area contributed by atoms with E-state index < -0.39 is 29.0 Å². The summed E-state index contributed by atoms with van der Waals surface area (Å²) in [7, 11) is 4.49. The third-order valence-electron chi connectivity index (χ3n) is 6.98. The molecule has 3 aliphatic rings. The summed E-state index contributed by atoms with van der Waals surface area (Å²) >= 11 is 0. The van der Waals surface area contributed by atoms with Crippen LogP contribution in [-0.4, -0.2) is 51.6 Å². The highest BCUT2D eigenvalue weighted by Crippen LogP contribution is 2.64. The summed E-state index contributed by atoms with van der Waals surface area (Å²) in [6.45, 7) is 7.23. The van der Waals surface area contributed by atoms with E-state index in [0.29, 0.717) is 29.4 Å². The maximum atomic E-state index is 14.1. The predicted octanol–water partition coefficient (Wildman–Crippen LogP) is 3.15. The van der Waals surface area contributed by atoms with E-state index in [2.05, 4.69) is 6.58 Å². The van der Waals surface area contributed by atoms with Gasteiger partial charge in [0.05, 0.1) is 19.6 Å². The number of ether oxygens (including phenoxy) is 6. The Kier molecular flexibility index (Phi) is 5.45. The van der Waals surface area contributed by atoms with Gasteiger partial charge < -0.3 is 28.4 Å². The number of carbonyl (C=O) groups excluding carboxylic acids is 2. The van der Waals surface area contributed by atoms with Crippen molar-refractivity contribution >= 4 is 11.8 Å². The molecule has 0 N–H and O–H groups in total. The Morgan fingerprint density at radius 1 is 1.25 bits per heavy atom. The van der Waals surface area contributed by atoms with E-state index in [4.69, 9.17) is 28.4 Å². The molecular weight excluding hydrogens is 416 g/mol. The third-order valence-corrected chi connectivity index (χ3v) is 6.98. The molecule has 0 radical (unpaired) electrons. The number of Topliss-reactive ketones (excluding diaryl/α,β-unsaturated/α-hetero) is 1. The van der Waals surface area contributed by atoms with Gasteiger partial charge in [-0.15, -0.1) is 6.58 Å². The third kappa shape index (κ3) is 2.78. The van der Waals surface area contributed by atoms with E-state index >= 15 is 0 Å². The minimum atomic E-state index is -1.51. The molecule has 1 aliphatic heterocycles. The van der Waals surface area contributed by atoms with E-state index in [1.807, 2.05) is 19.1 Å². The van der Waals surface area contributed by atoms with Crippen molar-refractivity contribution < 1.29 is 38.0 Å². The van der Waals surface area contributed by atoms with Crippen molar-refractivity contribution in [2.24, 2.45) is 11.3 Å². The lowest BCUT2D eigenvalue weighted by Crippen LogP contribution is -2.58. The maximum absolute atomic E-state index is 14.1. The molecule has 0 spiro atoms. The van der Waals surface area contributed by atoms with E-state index in [1.165, 1.54) is 21.1 Å². The summed E-state index contributed by atoms with van der Waals surface area (Å²) in [6, 6.07) is 3.65. The van der Waals surface area contributed by atoms with Crippen LogP contribution >= 0.6 is 0 Å². The van der Waals surface area contributed by atoms with Crippen molar-refractivity contribution in [3.05, 3.63) is 42.2 Å². The van der Waals surface area contributed by atoms with Crippen LogP contribution in [0.15, 0.2) is 36.6 Å². The van der Waals surface area contributed by atoms with Crippen molar-refractivity contribution in [1.82, 2.24) is 0 Å². The molecular formula is C24H28O8. The number of methoxy groups -OCH3 is 3. The topological polar surface area (TPSA) is 89.5 Å². The van der Waals surface area contributed by atoms with Crippen LogP contribution in [0.3, 0.4) is 0 Å². The van der Waals surface area contributed by atoms with Gasteiger partial charge in [0.1, 0.15) is 5.76 Å². The molecule has 0 saturated heterocycles. The van der Waals surface area contributed by atoms with Crippen molar-refractivity contribution in [1.29, 1.82) is 0 Å². The SMILES string of the molecule is C=CCC12C=C(OC)C(OC(C)=O)C(OC)(C1=O)C(c1cc(OC)c3c(c1)OCO3)C2C. The van der Waals surface area contributed by atoms with Crippen LogP contribution in [0, 0.1) is 11.3 Å². The Hall–Kier alpha value is -3.00. The number of esters is 1. The van der Waals surface area contributed by atoms with Crippen LogP contribution in [0.4, 0.5) is 0 Å². The first-order valence-corrected chi connectivity index (χ1v) is 10.4. The Bertz CT molecular complexity index is 998. The second kappa shape index (κ2) is 7.85. The Morgan fingerprint density at radius 3 is 2.59 bits per heavy atom. The predicted molar refractivity (Wildman–Crippen MR) is 114 cm³/mol. The van der Waals surface area contributed by atoms with Gasteiger partial charge in [-0.25, -0.2) is 0 Å². The van der Waals surface area contributed by atoms with Crippen LogP contribution < -0.4 is 14.2 Å². The molecule has 5 atom stereocenters. The molecule has 5 unspecified atom stereocenters. The second-order valence-electron chi connectivity index (χ2n) is 8.32. The van der Waals surface area contributed by atoms with Crippen LogP contribution in [0.5, 0.6) is 17.2 Å². The number of allylic oxidation sites excluding steroid dienone is 2. The van der Waals surface area contributed by atoms with Gasteiger partial charge in [-0.1, -0.05) is 13.0 Å². The summed E-state index contributed by atoms with van der Waals surface area (Å²) in [5, 5.41) is 0. The van der Waals surface area contributed by atoms with Crippen molar-refractivity contribution in [3.63, 3.8) is 0 Å². The normalized spacial score (nSPS) is 32.3.